The van der Waals surface area contributed by atoms with Crippen molar-refractivity contribution in [2.45, 2.75) is 26.4 Å². The van der Waals surface area contributed by atoms with Gasteiger partial charge in [0.15, 0.2) is 0 Å². The van der Waals surface area contributed by atoms with E-state index < -0.39 is 0 Å². The van der Waals surface area contributed by atoms with E-state index >= 15 is 0 Å². The predicted molar refractivity (Wildman–Crippen MR) is 147 cm³/mol. The number of rotatable bonds is 4. The Morgan fingerprint density at radius 1 is 0.974 bits per heavy atom. The molecule has 4 aromatic rings. The lowest BCUT2D eigenvalue weighted by Gasteiger charge is -2.23. The van der Waals surface area contributed by atoms with Crippen LogP contribution in [0.3, 0.4) is 0 Å². The van der Waals surface area contributed by atoms with E-state index in [0.29, 0.717) is 37.5 Å². The van der Waals surface area contributed by atoms with Gasteiger partial charge in [-0.3, -0.25) is 19.7 Å². The second kappa shape index (κ2) is 12.4. The highest BCUT2D eigenvalue weighted by Gasteiger charge is 2.14. The number of aromatic nitrogens is 2. The fourth-order valence-electron chi connectivity index (χ4n) is 4.58. The van der Waals surface area contributed by atoms with Crippen LogP contribution in [-0.4, -0.2) is 47.1 Å². The number of carbonyl (C=O) groups is 1. The molecule has 3 heterocycles. The third kappa shape index (κ3) is 7.03. The average Bonchev–Trinajstić information content (AvgIpc) is 2.91. The maximum Gasteiger partial charge on any atom is 0.255 e. The number of anilines is 1. The summed E-state index contributed by atoms with van der Waals surface area (Å²) in [7, 11) is 0. The van der Waals surface area contributed by atoms with E-state index in [2.05, 4.69) is 50.5 Å². The smallest absolute Gasteiger partial charge is 0.255 e. The zero-order valence-corrected chi connectivity index (χ0v) is 21.6. The fourth-order valence-corrected chi connectivity index (χ4v) is 4.58. The number of benzene rings is 2. The third-order valence-corrected chi connectivity index (χ3v) is 6.40. The second-order valence-corrected chi connectivity index (χ2v) is 9.52. The number of carbonyl (C=O) groups excluding carboxylic acids is 1. The summed E-state index contributed by atoms with van der Waals surface area (Å²) in [6, 6.07) is 22.1. The molecule has 1 amide bonds. The molecule has 194 valence electrons. The lowest BCUT2D eigenvalue weighted by Crippen LogP contribution is -2.28. The van der Waals surface area contributed by atoms with Crippen molar-refractivity contribution in [3.05, 3.63) is 119 Å². The standard InChI is InChI=1S/C31H32N4O3/c1-23-15-29(20-32-19-23)34-31(36)26-8-9-30-27(18-26)17-24-5-4-6-25(16-24)21-35(11-12-37-13-14-38-30)22-28-7-2-3-10-33-28/h2-10,15-16,18-20H,11-14,17,21-22H2,1H3,(H,34,36). The maximum absolute atomic E-state index is 13.0. The molecule has 0 spiro atoms. The van der Waals surface area contributed by atoms with Crippen LogP contribution in [0.15, 0.2) is 85.3 Å². The molecule has 0 unspecified atom stereocenters. The van der Waals surface area contributed by atoms with Gasteiger partial charge < -0.3 is 14.8 Å². The molecule has 2 bridgehead atoms. The number of aryl methyl sites for hydroxylation is 1. The van der Waals surface area contributed by atoms with E-state index in [1.54, 1.807) is 18.5 Å². The van der Waals surface area contributed by atoms with Gasteiger partial charge in [-0.25, -0.2) is 0 Å². The summed E-state index contributed by atoms with van der Waals surface area (Å²) in [4.78, 5) is 24.0. The van der Waals surface area contributed by atoms with Crippen molar-refractivity contribution in [3.63, 3.8) is 0 Å². The van der Waals surface area contributed by atoms with Gasteiger partial charge in [-0.1, -0.05) is 30.3 Å². The molecule has 0 radical (unpaired) electrons. The zero-order chi connectivity index (χ0) is 26.2. The summed E-state index contributed by atoms with van der Waals surface area (Å²) in [5, 5.41) is 2.95. The average molecular weight is 509 g/mol. The van der Waals surface area contributed by atoms with Gasteiger partial charge in [0.05, 0.1) is 30.8 Å². The quantitative estimate of drug-likeness (QED) is 0.416. The van der Waals surface area contributed by atoms with E-state index in [1.165, 1.54) is 11.1 Å². The van der Waals surface area contributed by atoms with Crippen LogP contribution in [0.2, 0.25) is 0 Å². The number of ether oxygens (including phenoxy) is 2. The minimum absolute atomic E-state index is 0.179. The Bertz CT molecular complexity index is 1380. The highest BCUT2D eigenvalue weighted by atomic mass is 16.5. The molecule has 1 N–H and O–H groups in total. The summed E-state index contributed by atoms with van der Waals surface area (Å²) in [5.74, 6) is 0.587. The van der Waals surface area contributed by atoms with Crippen molar-refractivity contribution in [2.75, 3.05) is 31.7 Å². The topological polar surface area (TPSA) is 76.6 Å². The summed E-state index contributed by atoms with van der Waals surface area (Å²) in [6.07, 6.45) is 5.89. The Morgan fingerprint density at radius 2 is 1.89 bits per heavy atom. The van der Waals surface area contributed by atoms with E-state index in [9.17, 15) is 4.79 Å². The Balaban J connectivity index is 1.38. The largest absolute Gasteiger partial charge is 0.491 e. The van der Waals surface area contributed by atoms with Crippen LogP contribution < -0.4 is 10.1 Å². The molecule has 0 aliphatic carbocycles. The van der Waals surface area contributed by atoms with Crippen LogP contribution in [0, 0.1) is 6.92 Å². The van der Waals surface area contributed by atoms with Crippen molar-refractivity contribution in [2.24, 2.45) is 0 Å². The minimum atomic E-state index is -0.179. The molecule has 0 saturated heterocycles. The monoisotopic (exact) mass is 508 g/mol. The molecular formula is C31H32N4O3. The molecule has 2 aromatic carbocycles. The Labute approximate surface area is 223 Å². The van der Waals surface area contributed by atoms with Crippen LogP contribution in [0.25, 0.3) is 0 Å². The van der Waals surface area contributed by atoms with Crippen molar-refractivity contribution in [1.29, 1.82) is 0 Å². The van der Waals surface area contributed by atoms with Crippen molar-refractivity contribution in [3.8, 4) is 5.75 Å². The molecule has 0 fully saturated rings. The number of nitrogens with zero attached hydrogens (tertiary/aromatic N) is 3. The van der Waals surface area contributed by atoms with Gasteiger partial charge in [-0.05, 0) is 65.6 Å². The first-order valence-corrected chi connectivity index (χ1v) is 12.9. The first-order valence-electron chi connectivity index (χ1n) is 12.9. The van der Waals surface area contributed by atoms with Gasteiger partial charge in [-0.2, -0.15) is 0 Å². The van der Waals surface area contributed by atoms with Crippen LogP contribution in [0.5, 0.6) is 5.75 Å². The van der Waals surface area contributed by atoms with E-state index in [-0.39, 0.29) is 5.91 Å². The molecule has 5 rings (SSSR count). The maximum atomic E-state index is 13.0. The van der Waals surface area contributed by atoms with Gasteiger partial charge in [0.25, 0.3) is 5.91 Å². The summed E-state index contributed by atoms with van der Waals surface area (Å²) < 4.78 is 12.0. The molecule has 0 atom stereocenters. The first-order chi connectivity index (χ1) is 18.6. The number of hydrogen-bond acceptors (Lipinski definition) is 6. The van der Waals surface area contributed by atoms with Gasteiger partial charge in [0.1, 0.15) is 12.4 Å². The third-order valence-electron chi connectivity index (χ3n) is 6.40. The summed E-state index contributed by atoms with van der Waals surface area (Å²) >= 11 is 0. The van der Waals surface area contributed by atoms with E-state index in [0.717, 1.165) is 42.2 Å². The minimum Gasteiger partial charge on any atom is -0.491 e. The molecule has 0 saturated carbocycles. The highest BCUT2D eigenvalue weighted by Crippen LogP contribution is 2.25. The van der Waals surface area contributed by atoms with Crippen LogP contribution in [0.4, 0.5) is 5.69 Å². The Hall–Kier alpha value is -4.07. The lowest BCUT2D eigenvalue weighted by molar-refractivity contribution is 0.0754. The fraction of sp³-hybridized carbons (Fsp3) is 0.258. The molecule has 7 heteroatoms. The zero-order valence-electron chi connectivity index (χ0n) is 21.6. The highest BCUT2D eigenvalue weighted by molar-refractivity contribution is 6.04. The number of amides is 1. The number of pyridine rings is 2. The predicted octanol–water partition coefficient (Wildman–Crippen LogP) is 5.04. The SMILES string of the molecule is Cc1cncc(NC(=O)c2ccc3c(c2)Cc2cccc(c2)CN(Cc2ccccn2)CCOCCO3)c1. The number of nitrogens with one attached hydrogen (secondary N) is 1. The number of hydrogen-bond donors (Lipinski definition) is 1. The van der Waals surface area contributed by atoms with Crippen LogP contribution in [-0.2, 0) is 24.2 Å². The summed E-state index contributed by atoms with van der Waals surface area (Å²) in [5.41, 5.74) is 6.61. The van der Waals surface area contributed by atoms with Crippen LogP contribution in [0.1, 0.15) is 38.3 Å². The summed E-state index contributed by atoms with van der Waals surface area (Å²) in [6.45, 7) is 5.83. The molecule has 7 nitrogen and oxygen atoms in total. The Kier molecular flexibility index (Phi) is 8.38. The molecule has 38 heavy (non-hydrogen) atoms. The van der Waals surface area contributed by atoms with Crippen molar-refractivity contribution in [1.82, 2.24) is 14.9 Å². The first kappa shape index (κ1) is 25.6. The molecular weight excluding hydrogens is 476 g/mol. The number of fused-ring (bicyclic) bond motifs is 3. The molecule has 2 aromatic heterocycles. The van der Waals surface area contributed by atoms with Gasteiger partial charge >= 0.3 is 0 Å². The van der Waals surface area contributed by atoms with Gasteiger partial charge in [0.2, 0.25) is 0 Å². The van der Waals surface area contributed by atoms with E-state index in [4.69, 9.17) is 9.47 Å². The van der Waals surface area contributed by atoms with Crippen molar-refractivity contribution < 1.29 is 14.3 Å². The Morgan fingerprint density at radius 3 is 2.76 bits per heavy atom. The van der Waals surface area contributed by atoms with Crippen molar-refractivity contribution >= 4 is 11.6 Å². The molecule has 1 aliphatic rings. The van der Waals surface area contributed by atoms with Gasteiger partial charge in [-0.15, -0.1) is 0 Å². The lowest BCUT2D eigenvalue weighted by atomic mass is 9.99. The van der Waals surface area contributed by atoms with Gasteiger partial charge in [0, 0.05) is 44.0 Å². The second-order valence-electron chi connectivity index (χ2n) is 9.52. The molecule has 1 aliphatic heterocycles. The normalized spacial score (nSPS) is 14.6. The van der Waals surface area contributed by atoms with E-state index in [1.807, 2.05) is 43.5 Å². The van der Waals surface area contributed by atoms with Crippen LogP contribution >= 0.6 is 0 Å².